The Kier molecular flexibility index (Phi) is 7.89. The van der Waals surface area contributed by atoms with Gasteiger partial charge >= 0.3 is 0 Å². The summed E-state index contributed by atoms with van der Waals surface area (Å²) in [5.74, 6) is 1.97. The lowest BCUT2D eigenvalue weighted by Crippen LogP contribution is -2.40. The summed E-state index contributed by atoms with van der Waals surface area (Å²) in [6.07, 6.45) is 3.17. The van der Waals surface area contributed by atoms with Gasteiger partial charge in [0.05, 0.1) is 6.61 Å². The van der Waals surface area contributed by atoms with Gasteiger partial charge in [-0.25, -0.2) is 0 Å². The number of nitrogens with one attached hydrogen (secondary N) is 1. The number of nitrogens with zero attached hydrogens (tertiary/aromatic N) is 2. The fourth-order valence-corrected chi connectivity index (χ4v) is 3.00. The molecule has 1 fully saturated rings. The minimum atomic E-state index is 0.321. The molecule has 0 amide bonds. The van der Waals surface area contributed by atoms with E-state index in [-0.39, 0.29) is 0 Å². The van der Waals surface area contributed by atoms with E-state index in [1.54, 1.807) is 12.1 Å². The van der Waals surface area contributed by atoms with Crippen molar-refractivity contribution in [2.45, 2.75) is 33.1 Å². The Bertz CT molecular complexity index is 502. The molecule has 5 nitrogen and oxygen atoms in total. The molecule has 0 aliphatic carbocycles. The lowest BCUT2D eigenvalue weighted by atomic mass is 10.1. The number of aryl methyl sites for hydroxylation is 1. The summed E-state index contributed by atoms with van der Waals surface area (Å²) in [5, 5.41) is 12.7. The maximum absolute atomic E-state index is 9.31. The van der Waals surface area contributed by atoms with Crippen LogP contribution in [0.2, 0.25) is 0 Å². The first-order chi connectivity index (χ1) is 11.7. The molecule has 1 saturated heterocycles. The summed E-state index contributed by atoms with van der Waals surface area (Å²) in [7, 11) is 0. The van der Waals surface area contributed by atoms with Crippen molar-refractivity contribution in [1.29, 1.82) is 0 Å². The first-order valence-corrected chi connectivity index (χ1v) is 9.11. The zero-order chi connectivity index (χ0) is 17.2. The van der Waals surface area contributed by atoms with Crippen LogP contribution in [0.4, 0.5) is 0 Å². The minimum absolute atomic E-state index is 0.321. The van der Waals surface area contributed by atoms with Crippen LogP contribution in [-0.2, 0) is 11.2 Å². The number of rotatable bonds is 8. The first kappa shape index (κ1) is 18.6. The van der Waals surface area contributed by atoms with E-state index in [0.29, 0.717) is 11.7 Å². The van der Waals surface area contributed by atoms with Crippen LogP contribution in [0.1, 0.15) is 32.3 Å². The van der Waals surface area contributed by atoms with Gasteiger partial charge in [-0.3, -0.25) is 4.99 Å². The number of guanidine groups is 1. The van der Waals surface area contributed by atoms with Crippen LogP contribution in [0.25, 0.3) is 0 Å². The van der Waals surface area contributed by atoms with E-state index in [4.69, 9.17) is 9.73 Å². The van der Waals surface area contributed by atoms with E-state index < -0.39 is 0 Å². The molecular weight excluding hydrogens is 302 g/mol. The van der Waals surface area contributed by atoms with Gasteiger partial charge in [0.1, 0.15) is 5.75 Å². The topological polar surface area (TPSA) is 57.1 Å². The number of ether oxygens (including phenoxy) is 1. The maximum Gasteiger partial charge on any atom is 0.193 e. The monoisotopic (exact) mass is 333 g/mol. The molecule has 2 rings (SSSR count). The third kappa shape index (κ3) is 6.04. The molecule has 1 aliphatic rings. The van der Waals surface area contributed by atoms with Crippen LogP contribution in [0.15, 0.2) is 29.3 Å². The predicted octanol–water partition coefficient (Wildman–Crippen LogP) is 2.65. The Morgan fingerprint density at radius 3 is 2.83 bits per heavy atom. The molecule has 0 saturated carbocycles. The van der Waals surface area contributed by atoms with Crippen molar-refractivity contribution in [2.24, 2.45) is 10.9 Å². The Morgan fingerprint density at radius 1 is 1.33 bits per heavy atom. The lowest BCUT2D eigenvalue weighted by Gasteiger charge is -2.21. The maximum atomic E-state index is 9.31. The summed E-state index contributed by atoms with van der Waals surface area (Å²) in [5.41, 5.74) is 1.24. The molecule has 5 heteroatoms. The predicted molar refractivity (Wildman–Crippen MR) is 98.6 cm³/mol. The van der Waals surface area contributed by atoms with Crippen molar-refractivity contribution in [3.8, 4) is 5.75 Å². The van der Waals surface area contributed by atoms with Crippen LogP contribution in [-0.4, -0.2) is 55.4 Å². The molecule has 1 aromatic carbocycles. The van der Waals surface area contributed by atoms with Crippen molar-refractivity contribution >= 4 is 5.96 Å². The number of phenolic OH excluding ortho intramolecular Hbond substituents is 1. The molecule has 0 bridgehead atoms. The second-order valence-corrected chi connectivity index (χ2v) is 6.27. The quantitative estimate of drug-likeness (QED) is 0.436. The fraction of sp³-hybridized carbons (Fsp3) is 0.632. The highest BCUT2D eigenvalue weighted by Gasteiger charge is 2.24. The van der Waals surface area contributed by atoms with Crippen molar-refractivity contribution in [2.75, 3.05) is 39.4 Å². The summed E-state index contributed by atoms with van der Waals surface area (Å²) in [6, 6.07) is 7.43. The summed E-state index contributed by atoms with van der Waals surface area (Å²) in [6.45, 7) is 9.60. The molecule has 0 radical (unpaired) electrons. The Hall–Kier alpha value is -1.75. The smallest absolute Gasteiger partial charge is 0.193 e. The van der Waals surface area contributed by atoms with E-state index >= 15 is 0 Å². The Labute approximate surface area is 145 Å². The molecule has 1 atom stereocenters. The zero-order valence-electron chi connectivity index (χ0n) is 15.0. The molecule has 1 unspecified atom stereocenters. The van der Waals surface area contributed by atoms with Crippen LogP contribution in [0.3, 0.4) is 0 Å². The van der Waals surface area contributed by atoms with Gasteiger partial charge in [0.15, 0.2) is 5.96 Å². The number of likely N-dealkylation sites (tertiary alicyclic amines) is 1. The molecule has 1 aliphatic heterocycles. The molecular formula is C19H31N3O2. The molecule has 24 heavy (non-hydrogen) atoms. The highest BCUT2D eigenvalue weighted by atomic mass is 16.5. The standard InChI is InChI=1S/C19H31N3O2/c1-3-20-19(22-13-11-17(14-22)15-24-4-2)21-12-5-6-16-7-9-18(23)10-8-16/h7-10,17,23H,3-6,11-15H2,1-2H3,(H,20,21). The second-order valence-electron chi connectivity index (χ2n) is 6.27. The van der Waals surface area contributed by atoms with Gasteiger partial charge in [0, 0.05) is 38.7 Å². The molecule has 134 valence electrons. The zero-order valence-corrected chi connectivity index (χ0v) is 15.0. The summed E-state index contributed by atoms with van der Waals surface area (Å²) in [4.78, 5) is 7.14. The SMILES string of the molecule is CCNC(=NCCCc1ccc(O)cc1)N1CCC(COCC)C1. The number of hydrogen-bond donors (Lipinski definition) is 2. The van der Waals surface area contributed by atoms with Gasteiger partial charge < -0.3 is 20.1 Å². The van der Waals surface area contributed by atoms with Crippen molar-refractivity contribution in [3.05, 3.63) is 29.8 Å². The van der Waals surface area contributed by atoms with Crippen molar-refractivity contribution in [1.82, 2.24) is 10.2 Å². The average Bonchev–Trinajstić information content (AvgIpc) is 3.06. The third-order valence-corrected chi connectivity index (χ3v) is 4.30. The van der Waals surface area contributed by atoms with E-state index in [9.17, 15) is 5.11 Å². The number of aromatic hydroxyl groups is 1. The molecule has 2 N–H and O–H groups in total. The first-order valence-electron chi connectivity index (χ1n) is 9.11. The van der Waals surface area contributed by atoms with Crippen LogP contribution < -0.4 is 5.32 Å². The number of aliphatic imine (C=N–C) groups is 1. The van der Waals surface area contributed by atoms with E-state index in [2.05, 4.69) is 17.1 Å². The van der Waals surface area contributed by atoms with Gasteiger partial charge in [0.25, 0.3) is 0 Å². The largest absolute Gasteiger partial charge is 0.508 e. The van der Waals surface area contributed by atoms with Crippen molar-refractivity contribution in [3.63, 3.8) is 0 Å². The average molecular weight is 333 g/mol. The van der Waals surface area contributed by atoms with Crippen LogP contribution >= 0.6 is 0 Å². The Morgan fingerprint density at radius 2 is 2.12 bits per heavy atom. The van der Waals surface area contributed by atoms with Gasteiger partial charge in [-0.05, 0) is 50.8 Å². The number of phenols is 1. The highest BCUT2D eigenvalue weighted by molar-refractivity contribution is 5.80. The summed E-state index contributed by atoms with van der Waals surface area (Å²) < 4.78 is 5.56. The van der Waals surface area contributed by atoms with E-state index in [1.807, 2.05) is 19.1 Å². The van der Waals surface area contributed by atoms with E-state index in [0.717, 1.165) is 58.2 Å². The van der Waals surface area contributed by atoms with Crippen molar-refractivity contribution < 1.29 is 9.84 Å². The van der Waals surface area contributed by atoms with Crippen LogP contribution in [0.5, 0.6) is 5.75 Å². The number of hydrogen-bond acceptors (Lipinski definition) is 3. The van der Waals surface area contributed by atoms with E-state index in [1.165, 1.54) is 12.0 Å². The normalized spacial score (nSPS) is 18.2. The van der Waals surface area contributed by atoms with Gasteiger partial charge in [-0.2, -0.15) is 0 Å². The summed E-state index contributed by atoms with van der Waals surface area (Å²) >= 11 is 0. The second kappa shape index (κ2) is 10.2. The molecule has 0 spiro atoms. The number of benzene rings is 1. The van der Waals surface area contributed by atoms with Gasteiger partial charge in [-0.15, -0.1) is 0 Å². The highest BCUT2D eigenvalue weighted by Crippen LogP contribution is 2.17. The molecule has 1 heterocycles. The fourth-order valence-electron chi connectivity index (χ4n) is 3.00. The van der Waals surface area contributed by atoms with Gasteiger partial charge in [-0.1, -0.05) is 12.1 Å². The third-order valence-electron chi connectivity index (χ3n) is 4.30. The molecule has 1 aromatic rings. The minimum Gasteiger partial charge on any atom is -0.508 e. The van der Waals surface area contributed by atoms with Gasteiger partial charge in [0.2, 0.25) is 0 Å². The van der Waals surface area contributed by atoms with Crippen LogP contribution in [0, 0.1) is 5.92 Å². The molecule has 0 aromatic heterocycles. The Balaban J connectivity index is 1.79. The lowest BCUT2D eigenvalue weighted by molar-refractivity contribution is 0.114.